The molecule has 1 nitrogen and oxygen atoms in total. The Hall–Kier alpha value is -0.850. The van der Waals surface area contributed by atoms with Crippen molar-refractivity contribution < 1.29 is 0 Å². The van der Waals surface area contributed by atoms with E-state index in [9.17, 15) is 0 Å². The summed E-state index contributed by atoms with van der Waals surface area (Å²) in [5.41, 5.74) is 7.24. The zero-order chi connectivity index (χ0) is 14.1. The lowest BCUT2D eigenvalue weighted by molar-refractivity contribution is 0.875. The van der Waals surface area contributed by atoms with Crippen LogP contribution in [-0.2, 0) is 19.3 Å². The number of rotatable bonds is 2. The van der Waals surface area contributed by atoms with Gasteiger partial charge in [0.2, 0.25) is 0 Å². The van der Waals surface area contributed by atoms with Crippen molar-refractivity contribution in [1.82, 2.24) is 4.98 Å². The summed E-state index contributed by atoms with van der Waals surface area (Å²) < 4.78 is 0. The molecule has 1 heteroatoms. The highest BCUT2D eigenvalue weighted by molar-refractivity contribution is 5.41. The van der Waals surface area contributed by atoms with Crippen LogP contribution in [0.2, 0.25) is 0 Å². The summed E-state index contributed by atoms with van der Waals surface area (Å²) in [6, 6.07) is 0. The van der Waals surface area contributed by atoms with E-state index in [1.54, 1.807) is 5.56 Å². The van der Waals surface area contributed by atoms with Gasteiger partial charge in [-0.25, -0.2) is 0 Å². The third-order valence-electron chi connectivity index (χ3n) is 3.33. The number of pyridine rings is 1. The molecule has 2 rings (SSSR count). The van der Waals surface area contributed by atoms with Crippen LogP contribution in [0.15, 0.2) is 0 Å². The number of fused-ring (bicyclic) bond motifs is 1. The Labute approximate surface area is 114 Å². The molecule has 0 amide bonds. The molecule has 1 heterocycles. The minimum Gasteiger partial charge on any atom is -0.258 e. The van der Waals surface area contributed by atoms with Crippen molar-refractivity contribution in [2.24, 2.45) is 0 Å². The minimum atomic E-state index is 1.19. The number of aryl methyl sites for hydroxylation is 2. The smallest absolute Gasteiger partial charge is 0.0441 e. The van der Waals surface area contributed by atoms with E-state index in [0.717, 1.165) is 0 Å². The zero-order valence-corrected chi connectivity index (χ0v) is 13.5. The number of hydrogen-bond acceptors (Lipinski definition) is 1. The summed E-state index contributed by atoms with van der Waals surface area (Å²) in [7, 11) is 0. The third kappa shape index (κ3) is 3.83. The molecule has 1 aromatic rings. The molecule has 0 N–H and O–H groups in total. The van der Waals surface area contributed by atoms with Crippen LogP contribution >= 0.6 is 0 Å². The summed E-state index contributed by atoms with van der Waals surface area (Å²) in [5.74, 6) is 0. The molecule has 18 heavy (non-hydrogen) atoms. The molecular weight excluding hydrogens is 218 g/mol. The molecular formula is C17H31N. The lowest BCUT2D eigenvalue weighted by Gasteiger charge is -2.12. The fourth-order valence-corrected chi connectivity index (χ4v) is 2.60. The highest BCUT2D eigenvalue weighted by Gasteiger charge is 2.18. The van der Waals surface area contributed by atoms with E-state index in [1.807, 2.05) is 27.7 Å². The average Bonchev–Trinajstić information content (AvgIpc) is 2.87. The molecule has 0 radical (unpaired) electrons. The van der Waals surface area contributed by atoms with Crippen molar-refractivity contribution in [2.75, 3.05) is 0 Å². The second-order valence-electron chi connectivity index (χ2n) is 4.33. The predicted octanol–water partition coefficient (Wildman–Crippen LogP) is 5.19. The molecule has 0 bridgehead atoms. The van der Waals surface area contributed by atoms with Gasteiger partial charge in [-0.3, -0.25) is 4.98 Å². The second kappa shape index (κ2) is 9.13. The van der Waals surface area contributed by atoms with Gasteiger partial charge in [-0.15, -0.1) is 0 Å². The Morgan fingerprint density at radius 2 is 1.61 bits per heavy atom. The third-order valence-corrected chi connectivity index (χ3v) is 3.33. The fourth-order valence-electron chi connectivity index (χ4n) is 2.60. The summed E-state index contributed by atoms with van der Waals surface area (Å²) >= 11 is 0. The topological polar surface area (TPSA) is 12.9 Å². The Bertz CT molecular complexity index is 353. The number of aromatic nitrogens is 1. The largest absolute Gasteiger partial charge is 0.258 e. The molecule has 1 aliphatic rings. The standard InChI is InChI=1S/C13H19N.2C2H6/c1-4-6-11-9(2)12-7-5-8-13(12)14-10(11)3;2*1-2/h4-8H2,1-3H3;2*1-2H3. The van der Waals surface area contributed by atoms with Crippen LogP contribution in [0.1, 0.15) is 75.5 Å². The Balaban J connectivity index is 0.000000659. The number of nitrogens with zero attached hydrogens (tertiary/aromatic N) is 1. The highest BCUT2D eigenvalue weighted by atomic mass is 14.7. The fraction of sp³-hybridized carbons (Fsp3) is 0.706. The Kier molecular flexibility index (Phi) is 8.70. The van der Waals surface area contributed by atoms with Crippen LogP contribution in [0.5, 0.6) is 0 Å². The Morgan fingerprint density at radius 1 is 1.00 bits per heavy atom. The van der Waals surface area contributed by atoms with Crippen LogP contribution in [0.4, 0.5) is 0 Å². The molecule has 1 aliphatic carbocycles. The van der Waals surface area contributed by atoms with Crippen molar-refractivity contribution in [3.63, 3.8) is 0 Å². The maximum Gasteiger partial charge on any atom is 0.0441 e. The van der Waals surface area contributed by atoms with Gasteiger partial charge in [0.25, 0.3) is 0 Å². The lowest BCUT2D eigenvalue weighted by atomic mass is 9.97. The summed E-state index contributed by atoms with van der Waals surface area (Å²) in [5, 5.41) is 0. The van der Waals surface area contributed by atoms with E-state index in [4.69, 9.17) is 4.98 Å². The molecule has 0 fully saturated rings. The molecule has 0 saturated heterocycles. The average molecular weight is 249 g/mol. The molecule has 0 spiro atoms. The first-order valence-electron chi connectivity index (χ1n) is 7.71. The summed E-state index contributed by atoms with van der Waals surface area (Å²) in [4.78, 5) is 4.73. The first kappa shape index (κ1) is 17.2. The quantitative estimate of drug-likeness (QED) is 0.702. The monoisotopic (exact) mass is 249 g/mol. The van der Waals surface area contributed by atoms with Crippen molar-refractivity contribution in [1.29, 1.82) is 0 Å². The number of hydrogen-bond donors (Lipinski definition) is 0. The van der Waals surface area contributed by atoms with E-state index in [1.165, 1.54) is 54.6 Å². The van der Waals surface area contributed by atoms with Crippen LogP contribution in [0.3, 0.4) is 0 Å². The molecule has 0 unspecified atom stereocenters. The van der Waals surface area contributed by atoms with Gasteiger partial charge in [0.1, 0.15) is 0 Å². The van der Waals surface area contributed by atoms with Crippen LogP contribution in [0.25, 0.3) is 0 Å². The normalized spacial score (nSPS) is 11.9. The van der Waals surface area contributed by atoms with Crippen molar-refractivity contribution in [2.45, 2.75) is 80.6 Å². The van der Waals surface area contributed by atoms with Gasteiger partial charge in [-0.1, -0.05) is 41.0 Å². The molecule has 0 saturated carbocycles. The Morgan fingerprint density at radius 3 is 2.17 bits per heavy atom. The molecule has 0 atom stereocenters. The van der Waals surface area contributed by atoms with Gasteiger partial charge in [0.05, 0.1) is 0 Å². The van der Waals surface area contributed by atoms with Crippen LogP contribution in [0, 0.1) is 13.8 Å². The van der Waals surface area contributed by atoms with Gasteiger partial charge in [-0.2, -0.15) is 0 Å². The minimum absolute atomic E-state index is 1.19. The molecule has 0 aliphatic heterocycles. The predicted molar refractivity (Wildman–Crippen MR) is 82.4 cm³/mol. The molecule has 0 aromatic carbocycles. The van der Waals surface area contributed by atoms with Gasteiger partial charge < -0.3 is 0 Å². The molecule has 1 aromatic heterocycles. The maximum absolute atomic E-state index is 4.73. The van der Waals surface area contributed by atoms with Crippen LogP contribution in [-0.4, -0.2) is 4.98 Å². The first-order chi connectivity index (χ1) is 8.74. The van der Waals surface area contributed by atoms with Gasteiger partial charge >= 0.3 is 0 Å². The first-order valence-corrected chi connectivity index (χ1v) is 7.71. The van der Waals surface area contributed by atoms with Gasteiger partial charge in [0.15, 0.2) is 0 Å². The van der Waals surface area contributed by atoms with Crippen molar-refractivity contribution in [3.8, 4) is 0 Å². The SMILES string of the molecule is CC.CC.CCCc1c(C)nc2c(c1C)CCC2. The van der Waals surface area contributed by atoms with Crippen LogP contribution < -0.4 is 0 Å². The van der Waals surface area contributed by atoms with E-state index >= 15 is 0 Å². The van der Waals surface area contributed by atoms with Crippen molar-refractivity contribution >= 4 is 0 Å². The van der Waals surface area contributed by atoms with E-state index < -0.39 is 0 Å². The summed E-state index contributed by atoms with van der Waals surface area (Å²) in [6.07, 6.45) is 6.17. The van der Waals surface area contributed by atoms with Gasteiger partial charge in [-0.05, 0) is 56.2 Å². The maximum atomic E-state index is 4.73. The van der Waals surface area contributed by atoms with E-state index in [2.05, 4.69) is 20.8 Å². The van der Waals surface area contributed by atoms with Gasteiger partial charge in [0, 0.05) is 11.4 Å². The summed E-state index contributed by atoms with van der Waals surface area (Å²) in [6.45, 7) is 14.7. The zero-order valence-electron chi connectivity index (χ0n) is 13.5. The second-order valence-corrected chi connectivity index (χ2v) is 4.33. The van der Waals surface area contributed by atoms with E-state index in [-0.39, 0.29) is 0 Å². The molecule has 104 valence electrons. The highest BCUT2D eigenvalue weighted by Crippen LogP contribution is 2.27. The van der Waals surface area contributed by atoms with Crippen molar-refractivity contribution in [3.05, 3.63) is 28.1 Å². The lowest BCUT2D eigenvalue weighted by Crippen LogP contribution is -2.02. The van der Waals surface area contributed by atoms with E-state index in [0.29, 0.717) is 0 Å².